The van der Waals surface area contributed by atoms with Gasteiger partial charge in [0.2, 0.25) is 0 Å². The van der Waals surface area contributed by atoms with Crippen LogP contribution in [-0.4, -0.2) is 42.3 Å². The van der Waals surface area contributed by atoms with Crippen LogP contribution >= 0.6 is 0 Å². The molecule has 0 aromatic heterocycles. The molecule has 0 aromatic carbocycles. The van der Waals surface area contributed by atoms with Crippen molar-refractivity contribution in [2.45, 2.75) is 25.9 Å². The van der Waals surface area contributed by atoms with Gasteiger partial charge >= 0.3 is 8.80 Å². The summed E-state index contributed by atoms with van der Waals surface area (Å²) in [7, 11) is 2.44. The van der Waals surface area contributed by atoms with E-state index in [1.54, 1.807) is 21.3 Å². The highest BCUT2D eigenvalue weighted by molar-refractivity contribution is 6.62. The molecule has 1 N–H and O–H groups in total. The summed E-state index contributed by atoms with van der Waals surface area (Å²) < 4.78 is 16.1. The molecule has 5 heteroatoms. The summed E-state index contributed by atoms with van der Waals surface area (Å²) >= 11 is 0. The second-order valence-electron chi connectivity index (χ2n) is 2.73. The van der Waals surface area contributed by atoms with Crippen LogP contribution in [0, 0.1) is 0 Å². The Kier molecular flexibility index (Phi) is 6.53. The molecular formula is C8H21NO3Si. The van der Waals surface area contributed by atoms with Crippen molar-refractivity contribution >= 4 is 8.80 Å². The highest BCUT2D eigenvalue weighted by Crippen LogP contribution is 2.14. The highest BCUT2D eigenvalue weighted by Gasteiger charge is 2.45. The maximum absolute atomic E-state index is 5.37. The van der Waals surface area contributed by atoms with E-state index in [-0.39, 0.29) is 5.67 Å². The minimum Gasteiger partial charge on any atom is -0.376 e. The zero-order valence-electron chi connectivity index (χ0n) is 9.22. The van der Waals surface area contributed by atoms with Crippen LogP contribution in [0.5, 0.6) is 0 Å². The normalized spacial score (nSPS) is 14.5. The minimum absolute atomic E-state index is 0.178. The van der Waals surface area contributed by atoms with E-state index in [9.17, 15) is 0 Å². The average molecular weight is 207 g/mol. The molecule has 0 saturated heterocycles. The van der Waals surface area contributed by atoms with Crippen molar-refractivity contribution < 1.29 is 13.3 Å². The van der Waals surface area contributed by atoms with Crippen molar-refractivity contribution in [3.05, 3.63) is 0 Å². The first-order chi connectivity index (χ1) is 6.20. The minimum atomic E-state index is -2.48. The molecule has 80 valence electrons. The van der Waals surface area contributed by atoms with Crippen molar-refractivity contribution in [3.63, 3.8) is 0 Å². The third-order valence-corrected chi connectivity index (χ3v) is 5.31. The number of hydrogen-bond donors (Lipinski definition) is 1. The Morgan fingerprint density at radius 1 is 1.08 bits per heavy atom. The molecular weight excluding hydrogens is 186 g/mol. The van der Waals surface area contributed by atoms with Crippen LogP contribution in [0.25, 0.3) is 0 Å². The summed E-state index contributed by atoms with van der Waals surface area (Å²) in [5.74, 6) is 0. The molecule has 0 aliphatic carbocycles. The number of rotatable bonds is 7. The first-order valence-corrected chi connectivity index (χ1v) is 6.39. The van der Waals surface area contributed by atoms with Gasteiger partial charge in [-0.2, -0.15) is 0 Å². The van der Waals surface area contributed by atoms with Crippen molar-refractivity contribution in [3.8, 4) is 0 Å². The lowest BCUT2D eigenvalue weighted by Crippen LogP contribution is -2.60. The first kappa shape index (κ1) is 13.1. The first-order valence-electron chi connectivity index (χ1n) is 4.59. The zero-order valence-corrected chi connectivity index (χ0v) is 10.2. The summed E-state index contributed by atoms with van der Waals surface area (Å²) in [5, 5.41) is 3.31. The highest BCUT2D eigenvalue weighted by atomic mass is 28.4. The fourth-order valence-corrected chi connectivity index (χ4v) is 3.75. The fraction of sp³-hybridized carbons (Fsp3) is 1.00. The quantitative estimate of drug-likeness (QED) is 0.627. The third kappa shape index (κ3) is 3.03. The molecule has 4 nitrogen and oxygen atoms in total. The van der Waals surface area contributed by atoms with Crippen LogP contribution in [0.2, 0.25) is 0 Å². The van der Waals surface area contributed by atoms with E-state index in [4.69, 9.17) is 13.3 Å². The predicted molar refractivity (Wildman–Crippen MR) is 54.5 cm³/mol. The Hall–Kier alpha value is 0.0569. The molecule has 0 amide bonds. The van der Waals surface area contributed by atoms with Crippen LogP contribution in [0.15, 0.2) is 0 Å². The Morgan fingerprint density at radius 2 is 1.54 bits per heavy atom. The summed E-state index contributed by atoms with van der Waals surface area (Å²) in [5.41, 5.74) is 0.178. The van der Waals surface area contributed by atoms with Crippen LogP contribution in [0.1, 0.15) is 20.3 Å². The summed E-state index contributed by atoms with van der Waals surface area (Å²) in [6.07, 6.45) is 0.940. The van der Waals surface area contributed by atoms with Crippen LogP contribution in [-0.2, 0) is 13.3 Å². The molecule has 0 saturated carbocycles. The molecule has 0 aliphatic rings. The third-order valence-electron chi connectivity index (χ3n) is 2.14. The SMILES string of the molecule is CCNC(CC)[Si](OC)(OC)OC. The van der Waals surface area contributed by atoms with E-state index < -0.39 is 8.80 Å². The zero-order chi connectivity index (χ0) is 10.3. The summed E-state index contributed by atoms with van der Waals surface area (Å²) in [6.45, 7) is 5.04. The van der Waals surface area contributed by atoms with E-state index in [0.29, 0.717) is 0 Å². The molecule has 1 unspecified atom stereocenters. The smallest absolute Gasteiger partial charge is 0.376 e. The molecule has 1 atom stereocenters. The van der Waals surface area contributed by atoms with Gasteiger partial charge < -0.3 is 18.6 Å². The average Bonchev–Trinajstić information content (AvgIpc) is 2.19. The maximum Gasteiger partial charge on any atom is 0.517 e. The van der Waals surface area contributed by atoms with E-state index in [2.05, 4.69) is 19.2 Å². The molecule has 0 heterocycles. The molecule has 0 rings (SSSR count). The molecule has 0 bridgehead atoms. The van der Waals surface area contributed by atoms with Gasteiger partial charge in [0, 0.05) is 21.3 Å². The summed E-state index contributed by atoms with van der Waals surface area (Å²) in [4.78, 5) is 0. The van der Waals surface area contributed by atoms with Gasteiger partial charge in [0.15, 0.2) is 0 Å². The van der Waals surface area contributed by atoms with Crippen molar-refractivity contribution in [1.29, 1.82) is 0 Å². The fourth-order valence-electron chi connectivity index (χ4n) is 1.44. The molecule has 0 aromatic rings. The van der Waals surface area contributed by atoms with Crippen LogP contribution in [0.3, 0.4) is 0 Å². The van der Waals surface area contributed by atoms with E-state index >= 15 is 0 Å². The lowest BCUT2D eigenvalue weighted by Gasteiger charge is -2.32. The molecule has 0 spiro atoms. The predicted octanol–water partition coefficient (Wildman–Crippen LogP) is 0.792. The van der Waals surface area contributed by atoms with Crippen molar-refractivity contribution in [2.75, 3.05) is 27.9 Å². The van der Waals surface area contributed by atoms with Gasteiger partial charge in [0.1, 0.15) is 0 Å². The van der Waals surface area contributed by atoms with Crippen molar-refractivity contribution in [1.82, 2.24) is 5.32 Å². The van der Waals surface area contributed by atoms with Gasteiger partial charge in [-0.25, -0.2) is 0 Å². The van der Waals surface area contributed by atoms with Gasteiger partial charge in [0.05, 0.1) is 5.67 Å². The van der Waals surface area contributed by atoms with E-state index in [1.165, 1.54) is 0 Å². The largest absolute Gasteiger partial charge is 0.517 e. The van der Waals surface area contributed by atoms with Crippen molar-refractivity contribution in [2.24, 2.45) is 0 Å². The molecule has 0 fully saturated rings. The lowest BCUT2D eigenvalue weighted by atomic mass is 10.5. The van der Waals surface area contributed by atoms with Gasteiger partial charge in [0.25, 0.3) is 0 Å². The second kappa shape index (κ2) is 6.50. The standard InChI is InChI=1S/C8H21NO3Si/c1-6-8(9-7-2)13(10-3,11-4)12-5/h8-9H,6-7H2,1-5H3. The Morgan fingerprint density at radius 3 is 1.77 bits per heavy atom. The van der Waals surface area contributed by atoms with Gasteiger partial charge in [-0.1, -0.05) is 13.8 Å². The Bertz CT molecular complexity index is 122. The van der Waals surface area contributed by atoms with E-state index in [0.717, 1.165) is 13.0 Å². The maximum atomic E-state index is 5.37. The number of hydrogen-bond acceptors (Lipinski definition) is 4. The molecule has 13 heavy (non-hydrogen) atoms. The summed E-state index contributed by atoms with van der Waals surface area (Å²) in [6, 6.07) is 0. The Balaban J connectivity index is 4.45. The topological polar surface area (TPSA) is 39.7 Å². The molecule has 0 aliphatic heterocycles. The Labute approximate surface area is 81.9 Å². The van der Waals surface area contributed by atoms with Gasteiger partial charge in [-0.05, 0) is 13.0 Å². The second-order valence-corrected chi connectivity index (χ2v) is 5.86. The van der Waals surface area contributed by atoms with Gasteiger partial charge in [-0.3, -0.25) is 0 Å². The van der Waals surface area contributed by atoms with Crippen LogP contribution < -0.4 is 5.32 Å². The van der Waals surface area contributed by atoms with E-state index in [1.807, 2.05) is 0 Å². The molecule has 0 radical (unpaired) electrons. The lowest BCUT2D eigenvalue weighted by molar-refractivity contribution is 0.106. The number of nitrogens with one attached hydrogen (secondary N) is 1. The van der Waals surface area contributed by atoms with Crippen LogP contribution in [0.4, 0.5) is 0 Å². The monoisotopic (exact) mass is 207 g/mol. The van der Waals surface area contributed by atoms with Gasteiger partial charge in [-0.15, -0.1) is 0 Å².